The van der Waals surface area contributed by atoms with E-state index >= 15 is 0 Å². The maximum atomic E-state index is 2.37. The maximum absolute atomic E-state index is 2.37. The van der Waals surface area contributed by atoms with Gasteiger partial charge < -0.3 is 0 Å². The third-order valence-corrected chi connectivity index (χ3v) is 7.23. The molecule has 0 unspecified atom stereocenters. The first-order chi connectivity index (χ1) is 5.36. The van der Waals surface area contributed by atoms with Crippen LogP contribution in [0.2, 0.25) is 0 Å². The van der Waals surface area contributed by atoms with Gasteiger partial charge in [-0.05, 0) is 22.6 Å². The third-order valence-electron chi connectivity index (χ3n) is 1.02. The molecule has 0 aromatic heterocycles. The second-order valence-electron chi connectivity index (χ2n) is 1.72. The molecule has 0 bridgehead atoms. The lowest BCUT2D eigenvalue weighted by Gasteiger charge is -1.89. The Kier molecular flexibility index (Phi) is 2.83. The van der Waals surface area contributed by atoms with Crippen molar-refractivity contribution >= 4 is 67.9 Å². The molecule has 0 saturated heterocycles. The Labute approximate surface area is 93.6 Å². The van der Waals surface area contributed by atoms with Crippen molar-refractivity contribution in [2.24, 2.45) is 0 Å². The molecule has 0 fully saturated rings. The van der Waals surface area contributed by atoms with Gasteiger partial charge in [-0.2, -0.15) is 0 Å². The Bertz CT molecular complexity index is 429. The van der Waals surface area contributed by atoms with Gasteiger partial charge in [0, 0.05) is 16.1 Å². The molecule has 0 nitrogen and oxygen atoms in total. The fourth-order valence-corrected chi connectivity index (χ4v) is 6.17. The summed E-state index contributed by atoms with van der Waals surface area (Å²) >= 11 is 9.72. The highest BCUT2D eigenvalue weighted by molar-refractivity contribution is 14.1. The summed E-state index contributed by atoms with van der Waals surface area (Å²) in [6.45, 7) is 0. The number of halogens is 1. The number of rotatable bonds is 0. The number of hydrogen-bond acceptors (Lipinski definition) is 4. The quantitative estimate of drug-likeness (QED) is 0.629. The topological polar surface area (TPSA) is 0 Å². The molecule has 0 radical (unpaired) electrons. The average molecular weight is 330 g/mol. The van der Waals surface area contributed by atoms with Crippen LogP contribution in [0.4, 0.5) is 0 Å². The van der Waals surface area contributed by atoms with Crippen LogP contribution in [-0.4, -0.2) is 0 Å². The number of hydrogen-bond donors (Lipinski definition) is 0. The molecule has 2 aliphatic heterocycles. The largest absolute Gasteiger partial charge is 0.130 e. The van der Waals surface area contributed by atoms with Crippen LogP contribution >= 0.6 is 67.9 Å². The molecule has 2 aliphatic rings. The standard InChI is InChI=1S/C6H3IS4/c7-4-3-10-5-6(11-4)9-2-1-8-5/h1-3H. The van der Waals surface area contributed by atoms with Gasteiger partial charge >= 0.3 is 0 Å². The highest BCUT2D eigenvalue weighted by Crippen LogP contribution is 2.22. The van der Waals surface area contributed by atoms with Crippen molar-refractivity contribution in [1.82, 2.24) is 0 Å². The van der Waals surface area contributed by atoms with E-state index in [4.69, 9.17) is 0 Å². The van der Waals surface area contributed by atoms with Gasteiger partial charge in [0.2, 0.25) is 0 Å². The summed E-state index contributed by atoms with van der Waals surface area (Å²) in [5, 5.41) is 6.49. The summed E-state index contributed by atoms with van der Waals surface area (Å²) in [6, 6.07) is 0. The lowest BCUT2D eigenvalue weighted by molar-refractivity contribution is 2.05. The van der Waals surface area contributed by atoms with E-state index in [1.165, 1.54) is 10.6 Å². The molecule has 5 heteroatoms. The Balaban J connectivity index is 2.96. The maximum Gasteiger partial charge on any atom is 0.108 e. The summed E-state index contributed by atoms with van der Waals surface area (Å²) in [5.74, 6) is 0. The van der Waals surface area contributed by atoms with E-state index < -0.39 is 0 Å². The van der Waals surface area contributed by atoms with Crippen molar-refractivity contribution in [3.63, 3.8) is 0 Å². The molecule has 0 amide bonds. The van der Waals surface area contributed by atoms with Crippen LogP contribution in [0.1, 0.15) is 0 Å². The van der Waals surface area contributed by atoms with Crippen molar-refractivity contribution in [3.8, 4) is 0 Å². The zero-order valence-corrected chi connectivity index (χ0v) is 10.7. The highest BCUT2D eigenvalue weighted by atomic mass is 127. The van der Waals surface area contributed by atoms with Gasteiger partial charge in [0.1, 0.15) is 7.69 Å². The van der Waals surface area contributed by atoms with Crippen molar-refractivity contribution in [2.75, 3.05) is 0 Å². The van der Waals surface area contributed by atoms with Gasteiger partial charge in [-0.3, -0.25) is 0 Å². The molecule has 0 spiro atoms. The van der Waals surface area contributed by atoms with Gasteiger partial charge in [0.15, 0.2) is 0 Å². The predicted molar refractivity (Wildman–Crippen MR) is 63.6 cm³/mol. The van der Waals surface area contributed by atoms with Gasteiger partial charge in [-0.1, -0.05) is 0 Å². The first kappa shape index (κ1) is 8.43. The van der Waals surface area contributed by atoms with Crippen molar-refractivity contribution in [2.45, 2.75) is 0 Å². The van der Waals surface area contributed by atoms with E-state index in [-0.39, 0.29) is 0 Å². The minimum atomic E-state index is 1.37. The lowest BCUT2D eigenvalue weighted by Crippen LogP contribution is -1.61. The second kappa shape index (κ2) is 3.69. The van der Waals surface area contributed by atoms with Crippen molar-refractivity contribution in [3.05, 3.63) is 26.7 Å². The van der Waals surface area contributed by atoms with Crippen molar-refractivity contribution in [1.29, 1.82) is 0 Å². The summed E-state index contributed by atoms with van der Waals surface area (Å²) in [5.41, 5.74) is 0. The van der Waals surface area contributed by atoms with E-state index in [1.54, 1.807) is 0 Å². The zero-order chi connectivity index (χ0) is 7.68. The van der Waals surface area contributed by atoms with Crippen LogP contribution < -0.4 is 0 Å². The lowest BCUT2D eigenvalue weighted by atomic mass is 11.1. The Morgan fingerprint density at radius 2 is 1.73 bits per heavy atom. The van der Waals surface area contributed by atoms with E-state index in [0.29, 0.717) is 0 Å². The summed E-state index contributed by atoms with van der Waals surface area (Å²) in [7, 11) is 0. The van der Waals surface area contributed by atoms with E-state index in [0.717, 1.165) is 0 Å². The van der Waals surface area contributed by atoms with Gasteiger partial charge in [0.05, 0.1) is 2.88 Å². The van der Waals surface area contributed by atoms with Crippen LogP contribution in [0.25, 0.3) is 0 Å². The Hall–Kier alpha value is 0.830. The van der Waals surface area contributed by atoms with Gasteiger partial charge in [-0.25, -0.2) is 0 Å². The zero-order valence-electron chi connectivity index (χ0n) is 5.24. The van der Waals surface area contributed by atoms with Gasteiger partial charge in [0.25, 0.3) is 0 Å². The Morgan fingerprint density at radius 1 is 1.00 bits per heavy atom. The minimum Gasteiger partial charge on any atom is -0.130 e. The first-order valence-electron chi connectivity index (χ1n) is 2.79. The van der Waals surface area contributed by atoms with Crippen LogP contribution in [-0.2, 0) is 0 Å². The molecule has 0 atom stereocenters. The molecule has 2 heterocycles. The minimum absolute atomic E-state index is 1.37. The second-order valence-corrected chi connectivity index (χ2v) is 7.90. The highest BCUT2D eigenvalue weighted by Gasteiger charge is 1.90. The molecular weight excluding hydrogens is 327 g/mol. The molecule has 11 heavy (non-hydrogen) atoms. The molecular formula is C6H3IS4. The fourth-order valence-electron chi connectivity index (χ4n) is 0.629. The van der Waals surface area contributed by atoms with Crippen LogP contribution in [0.3, 0.4) is 0 Å². The molecule has 0 N–H and O–H groups in total. The smallest absolute Gasteiger partial charge is 0.108 e. The predicted octanol–water partition coefficient (Wildman–Crippen LogP) is 4.39. The molecule has 58 valence electrons. The van der Waals surface area contributed by atoms with Crippen LogP contribution in [0.5, 0.6) is 0 Å². The average Bonchev–Trinajstić information content (AvgIpc) is 2.04. The molecule has 0 saturated carbocycles. The SMILES string of the molecule is Ic1csc2sccsc=2s1. The molecule has 2 rings (SSSR count). The van der Waals surface area contributed by atoms with E-state index in [9.17, 15) is 0 Å². The molecule has 0 aliphatic carbocycles. The summed E-state index contributed by atoms with van der Waals surface area (Å²) in [4.78, 5) is 0. The van der Waals surface area contributed by atoms with E-state index in [2.05, 4.69) is 38.7 Å². The molecule has 0 aromatic rings. The summed E-state index contributed by atoms with van der Waals surface area (Å²) < 4.78 is 4.24. The normalized spacial score (nSPS) is 10.3. The van der Waals surface area contributed by atoms with Gasteiger partial charge in [-0.15, -0.1) is 45.3 Å². The fraction of sp³-hybridized carbons (Fsp3) is 0. The third kappa shape index (κ3) is 1.95. The molecule has 0 aromatic carbocycles. The first-order valence-corrected chi connectivity index (χ1v) is 7.32. The summed E-state index contributed by atoms with van der Waals surface area (Å²) in [6.07, 6.45) is 0. The van der Waals surface area contributed by atoms with Crippen LogP contribution in [0, 0.1) is 10.6 Å². The monoisotopic (exact) mass is 330 g/mol. The van der Waals surface area contributed by atoms with Crippen LogP contribution in [0.15, 0.2) is 16.1 Å². The Morgan fingerprint density at radius 3 is 2.55 bits per heavy atom. The van der Waals surface area contributed by atoms with E-state index in [1.807, 2.05) is 45.3 Å². The van der Waals surface area contributed by atoms with Crippen molar-refractivity contribution < 1.29 is 0 Å².